The number of methoxy groups -OCH3 is 1. The number of carbonyl (C=O) groups is 2. The lowest BCUT2D eigenvalue weighted by Crippen LogP contribution is -2.49. The van der Waals surface area contributed by atoms with Gasteiger partial charge in [-0.25, -0.2) is 4.79 Å². The van der Waals surface area contributed by atoms with Gasteiger partial charge in [0.05, 0.1) is 13.7 Å². The minimum Gasteiger partial charge on any atom is -0.497 e. The standard InChI is InChI=1S/C24H23N3O4/c1-15(2)17-6-4-5-16(11-17)9-10-24(22(29)25-23(30)26-24)14-27-13-18-7-8-19(31-3)12-20(18)21(27)28/h4-8,11-13,15,28H,14H2,1-3H3,(H2,25,26,29,30)/t24-/m1/s1. The number of imide groups is 1. The van der Waals surface area contributed by atoms with Crippen LogP contribution in [0.25, 0.3) is 10.8 Å². The van der Waals surface area contributed by atoms with Crippen LogP contribution >= 0.6 is 0 Å². The Kier molecular flexibility index (Phi) is 5.07. The molecule has 158 valence electrons. The van der Waals surface area contributed by atoms with E-state index in [1.165, 1.54) is 4.57 Å². The van der Waals surface area contributed by atoms with Crippen molar-refractivity contribution in [3.63, 3.8) is 0 Å². The molecular formula is C24H23N3O4. The first kappa shape index (κ1) is 20.4. The number of rotatable bonds is 4. The third-order valence-corrected chi connectivity index (χ3v) is 5.39. The number of hydrogen-bond donors (Lipinski definition) is 3. The maximum absolute atomic E-state index is 12.7. The van der Waals surface area contributed by atoms with E-state index < -0.39 is 17.5 Å². The Morgan fingerprint density at radius 1 is 1.19 bits per heavy atom. The highest BCUT2D eigenvalue weighted by molar-refractivity contribution is 6.09. The van der Waals surface area contributed by atoms with Crippen LogP contribution in [0.5, 0.6) is 11.6 Å². The lowest BCUT2D eigenvalue weighted by molar-refractivity contribution is -0.122. The molecule has 1 aromatic heterocycles. The molecule has 31 heavy (non-hydrogen) atoms. The van der Waals surface area contributed by atoms with Gasteiger partial charge in [-0.05, 0) is 41.8 Å². The summed E-state index contributed by atoms with van der Waals surface area (Å²) < 4.78 is 6.73. The zero-order valence-corrected chi connectivity index (χ0v) is 17.5. The fraction of sp³-hybridized carbons (Fsp3) is 0.250. The van der Waals surface area contributed by atoms with E-state index in [2.05, 4.69) is 36.3 Å². The average Bonchev–Trinajstić information content (AvgIpc) is 3.21. The van der Waals surface area contributed by atoms with Gasteiger partial charge < -0.3 is 19.7 Å². The molecule has 1 aliphatic rings. The Balaban J connectivity index is 1.74. The number of benzene rings is 2. The van der Waals surface area contributed by atoms with Gasteiger partial charge in [-0.15, -0.1) is 0 Å². The molecule has 1 aliphatic heterocycles. The molecule has 3 aromatic rings. The number of aromatic hydroxyl groups is 1. The summed E-state index contributed by atoms with van der Waals surface area (Å²) in [5.74, 6) is 6.33. The van der Waals surface area contributed by atoms with Gasteiger partial charge in [-0.2, -0.15) is 0 Å². The van der Waals surface area contributed by atoms with Crippen molar-refractivity contribution in [2.24, 2.45) is 0 Å². The molecule has 0 spiro atoms. The molecule has 1 fully saturated rings. The third-order valence-electron chi connectivity index (χ3n) is 5.39. The normalized spacial score (nSPS) is 17.9. The maximum Gasteiger partial charge on any atom is 0.323 e. The summed E-state index contributed by atoms with van der Waals surface area (Å²) in [6.45, 7) is 4.13. The van der Waals surface area contributed by atoms with Crippen LogP contribution < -0.4 is 15.4 Å². The molecule has 4 rings (SSSR count). The molecule has 3 N–H and O–H groups in total. The van der Waals surface area contributed by atoms with Crippen molar-refractivity contribution in [3.8, 4) is 23.5 Å². The molecule has 0 unspecified atom stereocenters. The molecule has 0 radical (unpaired) electrons. The number of ether oxygens (including phenoxy) is 1. The summed E-state index contributed by atoms with van der Waals surface area (Å²) >= 11 is 0. The molecule has 0 aliphatic carbocycles. The molecule has 2 aromatic carbocycles. The number of nitrogens with one attached hydrogen (secondary N) is 2. The van der Waals surface area contributed by atoms with Crippen molar-refractivity contribution >= 4 is 22.7 Å². The highest BCUT2D eigenvalue weighted by Gasteiger charge is 2.46. The monoisotopic (exact) mass is 417 g/mol. The zero-order chi connectivity index (χ0) is 22.2. The van der Waals surface area contributed by atoms with Crippen molar-refractivity contribution in [3.05, 3.63) is 59.8 Å². The molecule has 3 amide bonds. The Bertz CT molecular complexity index is 1250. The summed E-state index contributed by atoms with van der Waals surface area (Å²) in [5, 5.41) is 17.0. The maximum atomic E-state index is 12.7. The van der Waals surface area contributed by atoms with Gasteiger partial charge in [0.15, 0.2) is 5.88 Å². The van der Waals surface area contributed by atoms with Gasteiger partial charge in [0.25, 0.3) is 5.91 Å². The number of urea groups is 1. The van der Waals surface area contributed by atoms with Gasteiger partial charge in [-0.1, -0.05) is 37.8 Å². The molecule has 7 heteroatoms. The number of nitrogens with zero attached hydrogens (tertiary/aromatic N) is 1. The highest BCUT2D eigenvalue weighted by Crippen LogP contribution is 2.32. The largest absolute Gasteiger partial charge is 0.497 e. The third kappa shape index (κ3) is 3.80. The quantitative estimate of drug-likeness (QED) is 0.449. The van der Waals surface area contributed by atoms with Crippen molar-refractivity contribution in [1.29, 1.82) is 0 Å². The minimum atomic E-state index is -1.51. The first-order valence-corrected chi connectivity index (χ1v) is 9.94. The Morgan fingerprint density at radius 2 is 2.00 bits per heavy atom. The predicted molar refractivity (Wildman–Crippen MR) is 117 cm³/mol. The van der Waals surface area contributed by atoms with E-state index in [0.717, 1.165) is 16.5 Å². The van der Waals surface area contributed by atoms with Gasteiger partial charge in [-0.3, -0.25) is 10.1 Å². The molecule has 0 bridgehead atoms. The number of aromatic nitrogens is 1. The topological polar surface area (TPSA) is 92.6 Å². The summed E-state index contributed by atoms with van der Waals surface area (Å²) in [6.07, 6.45) is 1.71. The number of carbonyl (C=O) groups excluding carboxylic acids is 2. The summed E-state index contributed by atoms with van der Waals surface area (Å²) in [4.78, 5) is 24.7. The van der Waals surface area contributed by atoms with E-state index in [1.807, 2.05) is 30.3 Å². The van der Waals surface area contributed by atoms with Crippen molar-refractivity contribution in [2.75, 3.05) is 7.11 Å². The fourth-order valence-electron chi connectivity index (χ4n) is 3.61. The van der Waals surface area contributed by atoms with Crippen LogP contribution in [0.3, 0.4) is 0 Å². The second kappa shape index (κ2) is 7.73. The number of hydrogen-bond acceptors (Lipinski definition) is 4. The first-order chi connectivity index (χ1) is 14.8. The second-order valence-corrected chi connectivity index (χ2v) is 7.88. The Morgan fingerprint density at radius 3 is 2.68 bits per heavy atom. The molecule has 1 atom stereocenters. The van der Waals surface area contributed by atoms with Crippen LogP contribution in [0, 0.1) is 11.8 Å². The first-order valence-electron chi connectivity index (χ1n) is 9.94. The molecule has 7 nitrogen and oxygen atoms in total. The molecule has 2 heterocycles. The van der Waals surface area contributed by atoms with E-state index in [0.29, 0.717) is 17.1 Å². The zero-order valence-electron chi connectivity index (χ0n) is 17.5. The number of fused-ring (bicyclic) bond motifs is 1. The summed E-state index contributed by atoms with van der Waals surface area (Å²) in [6, 6.07) is 12.5. The van der Waals surface area contributed by atoms with E-state index in [-0.39, 0.29) is 12.4 Å². The molecule has 1 saturated heterocycles. The Labute approximate surface area is 180 Å². The van der Waals surface area contributed by atoms with Crippen molar-refractivity contribution < 1.29 is 19.4 Å². The van der Waals surface area contributed by atoms with Crippen molar-refractivity contribution in [1.82, 2.24) is 15.2 Å². The van der Waals surface area contributed by atoms with E-state index in [1.54, 1.807) is 25.4 Å². The fourth-order valence-corrected chi connectivity index (χ4v) is 3.61. The Hall–Kier alpha value is -3.92. The summed E-state index contributed by atoms with van der Waals surface area (Å²) in [7, 11) is 1.55. The lowest BCUT2D eigenvalue weighted by atomic mass is 9.98. The molecular weight excluding hydrogens is 394 g/mol. The van der Waals surface area contributed by atoms with Crippen LogP contribution in [0.2, 0.25) is 0 Å². The second-order valence-electron chi connectivity index (χ2n) is 7.88. The minimum absolute atomic E-state index is 0.0363. The highest BCUT2D eigenvalue weighted by atomic mass is 16.5. The summed E-state index contributed by atoms with van der Waals surface area (Å²) in [5.41, 5.74) is 0.358. The number of amides is 3. The smallest absolute Gasteiger partial charge is 0.323 e. The van der Waals surface area contributed by atoms with Crippen LogP contribution in [-0.2, 0) is 11.3 Å². The van der Waals surface area contributed by atoms with E-state index in [4.69, 9.17) is 4.74 Å². The molecule has 0 saturated carbocycles. The van der Waals surface area contributed by atoms with Gasteiger partial charge >= 0.3 is 6.03 Å². The van der Waals surface area contributed by atoms with Gasteiger partial charge in [0.1, 0.15) is 5.75 Å². The SMILES string of the molecule is COc1ccc2cn(C[C@@]3(C#Cc4cccc(C(C)C)c4)NC(=O)NC3=O)c(O)c2c1. The van der Waals surface area contributed by atoms with Crippen LogP contribution in [-0.4, -0.2) is 34.3 Å². The van der Waals surface area contributed by atoms with E-state index in [9.17, 15) is 14.7 Å². The van der Waals surface area contributed by atoms with Gasteiger partial charge in [0.2, 0.25) is 5.54 Å². The van der Waals surface area contributed by atoms with Gasteiger partial charge in [0, 0.05) is 22.5 Å². The predicted octanol–water partition coefficient (Wildman–Crippen LogP) is 3.11. The average molecular weight is 417 g/mol. The van der Waals surface area contributed by atoms with Crippen LogP contribution in [0.15, 0.2) is 48.7 Å². The lowest BCUT2D eigenvalue weighted by Gasteiger charge is -2.20. The van der Waals surface area contributed by atoms with Crippen molar-refractivity contribution in [2.45, 2.75) is 31.8 Å². The van der Waals surface area contributed by atoms with Crippen LogP contribution in [0.4, 0.5) is 4.79 Å². The van der Waals surface area contributed by atoms with E-state index >= 15 is 0 Å². The van der Waals surface area contributed by atoms with Crippen LogP contribution in [0.1, 0.15) is 30.9 Å².